The van der Waals surface area contributed by atoms with Crippen LogP contribution in [0.2, 0.25) is 0 Å². The fourth-order valence-corrected chi connectivity index (χ4v) is 4.10. The van der Waals surface area contributed by atoms with Gasteiger partial charge in [-0.2, -0.15) is 0 Å². The molecule has 12 heteroatoms. The predicted octanol–water partition coefficient (Wildman–Crippen LogP) is 0.323. The van der Waals surface area contributed by atoms with E-state index < -0.39 is 79.6 Å². The van der Waals surface area contributed by atoms with E-state index in [9.17, 15) is 40.2 Å². The Labute approximate surface area is 210 Å². The van der Waals surface area contributed by atoms with E-state index in [0.29, 0.717) is 6.42 Å². The molecule has 0 radical (unpaired) electrons. The summed E-state index contributed by atoms with van der Waals surface area (Å²) in [6.45, 7) is 0.703. The maximum atomic E-state index is 12.2. The van der Waals surface area contributed by atoms with Gasteiger partial charge in [-0.1, -0.05) is 58.3 Å². The van der Waals surface area contributed by atoms with Crippen molar-refractivity contribution in [3.05, 3.63) is 11.5 Å². The second kappa shape index (κ2) is 15.3. The van der Waals surface area contributed by atoms with Crippen LogP contribution in [-0.4, -0.2) is 98.7 Å². The van der Waals surface area contributed by atoms with Crippen molar-refractivity contribution in [3.63, 3.8) is 0 Å². The van der Waals surface area contributed by atoms with E-state index in [1.165, 1.54) is 32.1 Å². The van der Waals surface area contributed by atoms with Gasteiger partial charge in [-0.05, 0) is 6.42 Å². The van der Waals surface area contributed by atoms with Gasteiger partial charge in [-0.25, -0.2) is 4.79 Å². The number of hydrogen-bond acceptors (Lipinski definition) is 12. The third-order valence-corrected chi connectivity index (χ3v) is 6.29. The van der Waals surface area contributed by atoms with Crippen LogP contribution in [-0.2, 0) is 28.5 Å². The molecule has 0 aliphatic carbocycles. The Kier molecular flexibility index (Phi) is 12.9. The van der Waals surface area contributed by atoms with Crippen molar-refractivity contribution in [2.24, 2.45) is 0 Å². The number of carbonyl (C=O) groups excluding carboxylic acids is 2. The predicted molar refractivity (Wildman–Crippen MR) is 123 cm³/mol. The fourth-order valence-electron chi connectivity index (χ4n) is 4.10. The first-order chi connectivity index (χ1) is 17.2. The Bertz CT molecular complexity index is 724. The SMILES string of the molecule is CCCCCCCCCCCC(=O)O[C@@H](CO)[C@H]1OC(=O)C(O[C@H]2O[C@H](CO)[C@@H](O)[C@H](O)[C@H]2O)=C1O. The number of rotatable bonds is 16. The van der Waals surface area contributed by atoms with Gasteiger partial charge in [0.05, 0.1) is 13.2 Å². The monoisotopic (exact) mass is 520 g/mol. The van der Waals surface area contributed by atoms with Crippen molar-refractivity contribution in [2.45, 2.75) is 114 Å². The molecule has 6 N–H and O–H groups in total. The van der Waals surface area contributed by atoms with Crippen molar-refractivity contribution in [1.82, 2.24) is 0 Å². The maximum absolute atomic E-state index is 12.2. The minimum atomic E-state index is -1.82. The highest BCUT2D eigenvalue weighted by Gasteiger charge is 2.48. The summed E-state index contributed by atoms with van der Waals surface area (Å²) in [7, 11) is 0. The first-order valence-corrected chi connectivity index (χ1v) is 12.7. The van der Waals surface area contributed by atoms with Crippen LogP contribution in [0.5, 0.6) is 0 Å². The zero-order valence-electron chi connectivity index (χ0n) is 20.7. The topological polar surface area (TPSA) is 192 Å². The van der Waals surface area contributed by atoms with E-state index in [4.69, 9.17) is 18.9 Å². The third kappa shape index (κ3) is 8.29. The number of ether oxygens (including phenoxy) is 4. The minimum Gasteiger partial charge on any atom is -0.505 e. The van der Waals surface area contributed by atoms with Gasteiger partial charge in [-0.15, -0.1) is 0 Å². The molecular formula is C24H40O12. The summed E-state index contributed by atoms with van der Waals surface area (Å²) in [4.78, 5) is 24.5. The number of cyclic esters (lactones) is 1. The highest BCUT2D eigenvalue weighted by Crippen LogP contribution is 2.30. The first-order valence-electron chi connectivity index (χ1n) is 12.7. The highest BCUT2D eigenvalue weighted by atomic mass is 16.7. The summed E-state index contributed by atoms with van der Waals surface area (Å²) < 4.78 is 20.5. The van der Waals surface area contributed by atoms with E-state index in [1.54, 1.807) is 0 Å². The number of esters is 2. The standard InChI is InChI=1S/C24H40O12/c1-2-3-4-5-6-7-8-9-10-11-16(27)33-15(13-26)21-20(31)22(23(32)35-21)36-24-19(30)18(29)17(28)14(12-25)34-24/h14-15,17-19,21,24-26,28-31H,2-13H2,1H3/t14-,15+,17-,18+,19-,21-,24-/m1/s1. The molecule has 2 heterocycles. The van der Waals surface area contributed by atoms with E-state index in [1.807, 2.05) is 0 Å². The molecule has 0 spiro atoms. The second-order valence-electron chi connectivity index (χ2n) is 9.14. The van der Waals surface area contributed by atoms with E-state index in [-0.39, 0.29) is 6.42 Å². The van der Waals surface area contributed by atoms with E-state index >= 15 is 0 Å². The zero-order chi connectivity index (χ0) is 26.7. The molecule has 0 bridgehead atoms. The van der Waals surface area contributed by atoms with Crippen LogP contribution in [0.1, 0.15) is 71.1 Å². The Morgan fingerprint density at radius 2 is 1.56 bits per heavy atom. The summed E-state index contributed by atoms with van der Waals surface area (Å²) in [5, 5.41) is 59.1. The first kappa shape index (κ1) is 30.3. The van der Waals surface area contributed by atoms with Gasteiger partial charge < -0.3 is 49.6 Å². The smallest absolute Gasteiger partial charge is 0.378 e. The largest absolute Gasteiger partial charge is 0.505 e. The summed E-state index contributed by atoms with van der Waals surface area (Å²) in [6, 6.07) is 0. The molecule has 12 nitrogen and oxygen atoms in total. The summed E-state index contributed by atoms with van der Waals surface area (Å²) in [5.74, 6) is -3.38. The Morgan fingerprint density at radius 1 is 0.944 bits per heavy atom. The second-order valence-corrected chi connectivity index (χ2v) is 9.14. The average molecular weight is 521 g/mol. The van der Waals surface area contributed by atoms with Crippen LogP contribution in [0, 0.1) is 0 Å². The molecule has 1 saturated heterocycles. The van der Waals surface area contributed by atoms with Crippen molar-refractivity contribution < 1.29 is 59.2 Å². The molecule has 0 aromatic heterocycles. The molecule has 0 saturated carbocycles. The Hall–Kier alpha value is -1.96. The van der Waals surface area contributed by atoms with Crippen LogP contribution in [0.25, 0.3) is 0 Å². The van der Waals surface area contributed by atoms with Gasteiger partial charge in [0.25, 0.3) is 0 Å². The molecule has 0 aromatic carbocycles. The Balaban J connectivity index is 1.85. The van der Waals surface area contributed by atoms with Crippen molar-refractivity contribution in [1.29, 1.82) is 0 Å². The minimum absolute atomic E-state index is 0.103. The molecule has 1 fully saturated rings. The zero-order valence-corrected chi connectivity index (χ0v) is 20.7. The molecule has 208 valence electrons. The van der Waals surface area contributed by atoms with Crippen molar-refractivity contribution in [2.75, 3.05) is 13.2 Å². The number of unbranched alkanes of at least 4 members (excludes halogenated alkanes) is 8. The molecule has 0 aromatic rings. The molecule has 7 atom stereocenters. The lowest BCUT2D eigenvalue weighted by atomic mass is 9.99. The van der Waals surface area contributed by atoms with Crippen LogP contribution < -0.4 is 0 Å². The molecule has 2 aliphatic rings. The van der Waals surface area contributed by atoms with Crippen molar-refractivity contribution in [3.8, 4) is 0 Å². The number of aliphatic hydroxyl groups excluding tert-OH is 6. The van der Waals surface area contributed by atoms with Gasteiger partial charge in [0.1, 0.15) is 24.4 Å². The van der Waals surface area contributed by atoms with Crippen LogP contribution in [0.15, 0.2) is 11.5 Å². The molecule has 2 rings (SSSR count). The fraction of sp³-hybridized carbons (Fsp3) is 0.833. The number of carbonyl (C=O) groups is 2. The number of hydrogen-bond donors (Lipinski definition) is 6. The summed E-state index contributed by atoms with van der Waals surface area (Å²) >= 11 is 0. The average Bonchev–Trinajstić information content (AvgIpc) is 3.14. The van der Waals surface area contributed by atoms with Gasteiger partial charge in [-0.3, -0.25) is 4.79 Å². The van der Waals surface area contributed by atoms with Gasteiger partial charge >= 0.3 is 11.9 Å². The Morgan fingerprint density at radius 3 is 2.14 bits per heavy atom. The van der Waals surface area contributed by atoms with Crippen LogP contribution >= 0.6 is 0 Å². The lowest BCUT2D eigenvalue weighted by molar-refractivity contribution is -0.291. The lowest BCUT2D eigenvalue weighted by Gasteiger charge is -2.39. The maximum Gasteiger partial charge on any atom is 0.378 e. The lowest BCUT2D eigenvalue weighted by Crippen LogP contribution is -2.59. The van der Waals surface area contributed by atoms with Crippen LogP contribution in [0.4, 0.5) is 0 Å². The molecule has 36 heavy (non-hydrogen) atoms. The quantitative estimate of drug-likeness (QED) is 0.121. The van der Waals surface area contributed by atoms with Gasteiger partial charge in [0, 0.05) is 6.42 Å². The normalized spacial score (nSPS) is 29.2. The van der Waals surface area contributed by atoms with Crippen LogP contribution in [0.3, 0.4) is 0 Å². The summed E-state index contributed by atoms with van der Waals surface area (Å²) in [6.07, 6.45) is -1.43. The van der Waals surface area contributed by atoms with Crippen molar-refractivity contribution >= 4 is 11.9 Å². The van der Waals surface area contributed by atoms with Gasteiger partial charge in [0.2, 0.25) is 18.2 Å². The van der Waals surface area contributed by atoms with Gasteiger partial charge in [0.15, 0.2) is 11.9 Å². The summed E-state index contributed by atoms with van der Waals surface area (Å²) in [5.41, 5.74) is 0. The third-order valence-electron chi connectivity index (χ3n) is 6.29. The van der Waals surface area contributed by atoms with E-state index in [2.05, 4.69) is 6.92 Å². The molecule has 2 aliphatic heterocycles. The highest BCUT2D eigenvalue weighted by molar-refractivity contribution is 5.89. The molecular weight excluding hydrogens is 480 g/mol. The molecule has 0 unspecified atom stereocenters. The number of aliphatic hydroxyl groups is 6. The molecule has 0 amide bonds. The van der Waals surface area contributed by atoms with E-state index in [0.717, 1.165) is 19.3 Å².